The molecule has 2 unspecified atom stereocenters. The predicted octanol–water partition coefficient (Wildman–Crippen LogP) is 3.34. The maximum Gasteiger partial charge on any atom is 0.280 e. The summed E-state index contributed by atoms with van der Waals surface area (Å²) >= 11 is 0. The Balaban J connectivity index is 1.58. The zero-order valence-electron chi connectivity index (χ0n) is 14.9. The van der Waals surface area contributed by atoms with E-state index in [0.717, 1.165) is 11.1 Å². The Morgan fingerprint density at radius 2 is 2.04 bits per heavy atom. The molecule has 2 atom stereocenters. The minimum atomic E-state index is -2.59. The van der Waals surface area contributed by atoms with Crippen LogP contribution in [0.15, 0.2) is 42.6 Å². The van der Waals surface area contributed by atoms with Crippen molar-refractivity contribution in [3.05, 3.63) is 65.0 Å². The number of hydrogen-bond donors (Lipinski definition) is 1. The second kappa shape index (κ2) is 8.23. The van der Waals surface area contributed by atoms with Crippen molar-refractivity contribution in [1.29, 1.82) is 5.26 Å². The van der Waals surface area contributed by atoms with Crippen molar-refractivity contribution in [3.8, 4) is 6.07 Å². The number of likely N-dealkylation sites (tertiary alicyclic amines) is 1. The summed E-state index contributed by atoms with van der Waals surface area (Å²) in [4.78, 5) is 18.2. The molecule has 7 heteroatoms. The van der Waals surface area contributed by atoms with E-state index in [1.807, 2.05) is 19.1 Å². The van der Waals surface area contributed by atoms with E-state index in [1.54, 1.807) is 23.1 Å². The number of nitrogens with one attached hydrogen (secondary N) is 1. The largest absolute Gasteiger partial charge is 0.337 e. The average Bonchev–Trinajstić information content (AvgIpc) is 3.02. The molecule has 0 spiro atoms. The van der Waals surface area contributed by atoms with E-state index < -0.39 is 6.43 Å². The number of benzene rings is 1. The number of hydrogen-bond acceptors (Lipinski definition) is 4. The first-order valence-corrected chi connectivity index (χ1v) is 8.76. The zero-order valence-corrected chi connectivity index (χ0v) is 14.9. The Morgan fingerprint density at radius 1 is 1.30 bits per heavy atom. The van der Waals surface area contributed by atoms with Crippen LogP contribution >= 0.6 is 0 Å². The van der Waals surface area contributed by atoms with Gasteiger partial charge in [-0.2, -0.15) is 5.26 Å². The van der Waals surface area contributed by atoms with Crippen molar-refractivity contribution in [3.63, 3.8) is 0 Å². The molecule has 1 aromatic heterocycles. The molecule has 1 saturated heterocycles. The van der Waals surface area contributed by atoms with E-state index in [9.17, 15) is 13.6 Å². The van der Waals surface area contributed by atoms with Crippen LogP contribution in [0.3, 0.4) is 0 Å². The third-order valence-corrected chi connectivity index (χ3v) is 4.74. The van der Waals surface area contributed by atoms with E-state index in [2.05, 4.69) is 16.4 Å². The van der Waals surface area contributed by atoms with Crippen molar-refractivity contribution >= 4 is 5.91 Å². The highest BCUT2D eigenvalue weighted by Crippen LogP contribution is 2.21. The summed E-state index contributed by atoms with van der Waals surface area (Å²) in [6.07, 6.45) is -0.482. The molecule has 0 aliphatic carbocycles. The summed E-state index contributed by atoms with van der Waals surface area (Å²) in [6.45, 7) is 3.03. The normalized spacial score (nSPS) is 18.0. The molecule has 0 saturated carbocycles. The lowest BCUT2D eigenvalue weighted by molar-refractivity contribution is -0.130. The van der Waals surface area contributed by atoms with Crippen LogP contribution in [-0.2, 0) is 11.3 Å². The van der Waals surface area contributed by atoms with Gasteiger partial charge in [-0.1, -0.05) is 18.2 Å². The van der Waals surface area contributed by atoms with Gasteiger partial charge in [0.15, 0.2) is 0 Å². The quantitative estimate of drug-likeness (QED) is 0.847. The van der Waals surface area contributed by atoms with Crippen molar-refractivity contribution in [2.45, 2.75) is 38.4 Å². The smallest absolute Gasteiger partial charge is 0.280 e. The number of pyridine rings is 1. The van der Waals surface area contributed by atoms with Gasteiger partial charge in [0.25, 0.3) is 6.43 Å². The van der Waals surface area contributed by atoms with Gasteiger partial charge >= 0.3 is 0 Å². The van der Waals surface area contributed by atoms with Crippen LogP contribution in [0.5, 0.6) is 0 Å². The second-order valence-corrected chi connectivity index (χ2v) is 6.62. The molecule has 1 amide bonds. The van der Waals surface area contributed by atoms with Gasteiger partial charge in [-0.25, -0.2) is 8.78 Å². The Labute approximate surface area is 156 Å². The molecule has 0 bridgehead atoms. The Kier molecular flexibility index (Phi) is 5.77. The number of nitrogens with zero attached hydrogens (tertiary/aromatic N) is 3. The summed E-state index contributed by atoms with van der Waals surface area (Å²) in [5.74, 6) is 0.0170. The molecule has 1 N–H and O–H groups in total. The van der Waals surface area contributed by atoms with Gasteiger partial charge in [0, 0.05) is 25.3 Å². The Bertz CT molecular complexity index is 831. The van der Waals surface area contributed by atoms with E-state index in [-0.39, 0.29) is 23.7 Å². The molecular weight excluding hydrogens is 350 g/mol. The lowest BCUT2D eigenvalue weighted by Gasteiger charge is -2.20. The minimum absolute atomic E-state index is 0.0170. The lowest BCUT2D eigenvalue weighted by Crippen LogP contribution is -2.39. The summed E-state index contributed by atoms with van der Waals surface area (Å²) in [5, 5.41) is 12.1. The molecule has 1 aliphatic heterocycles. The molecular formula is C20H20F2N4O. The maximum atomic E-state index is 12.6. The van der Waals surface area contributed by atoms with Crippen LogP contribution in [0.2, 0.25) is 0 Å². The molecule has 1 aliphatic rings. The summed E-state index contributed by atoms with van der Waals surface area (Å²) in [7, 11) is 0. The second-order valence-electron chi connectivity index (χ2n) is 6.62. The van der Waals surface area contributed by atoms with Gasteiger partial charge in [-0.15, -0.1) is 0 Å². The van der Waals surface area contributed by atoms with E-state index >= 15 is 0 Å². The van der Waals surface area contributed by atoms with Gasteiger partial charge in [0.2, 0.25) is 5.91 Å². The molecule has 0 radical (unpaired) electrons. The van der Waals surface area contributed by atoms with Crippen LogP contribution in [0.1, 0.15) is 48.2 Å². The number of alkyl halides is 2. The van der Waals surface area contributed by atoms with Crippen LogP contribution in [0, 0.1) is 11.3 Å². The zero-order chi connectivity index (χ0) is 19.4. The van der Waals surface area contributed by atoms with Crippen molar-refractivity contribution in [1.82, 2.24) is 15.2 Å². The molecule has 27 heavy (non-hydrogen) atoms. The highest BCUT2D eigenvalue weighted by Gasteiger charge is 2.32. The highest BCUT2D eigenvalue weighted by atomic mass is 19.3. The van der Waals surface area contributed by atoms with E-state index in [4.69, 9.17) is 5.26 Å². The van der Waals surface area contributed by atoms with E-state index in [1.165, 1.54) is 12.3 Å². The fraction of sp³-hybridized carbons (Fsp3) is 0.350. The number of halogens is 2. The number of nitriles is 1. The monoisotopic (exact) mass is 370 g/mol. The van der Waals surface area contributed by atoms with Crippen LogP contribution in [-0.4, -0.2) is 28.4 Å². The topological polar surface area (TPSA) is 69.0 Å². The Hall–Kier alpha value is -2.85. The minimum Gasteiger partial charge on any atom is -0.337 e. The van der Waals surface area contributed by atoms with Crippen molar-refractivity contribution < 1.29 is 13.6 Å². The molecule has 2 heterocycles. The molecule has 5 nitrogen and oxygen atoms in total. The number of aromatic nitrogens is 1. The predicted molar refractivity (Wildman–Crippen MR) is 95.7 cm³/mol. The molecule has 140 valence electrons. The van der Waals surface area contributed by atoms with Crippen molar-refractivity contribution in [2.24, 2.45) is 0 Å². The van der Waals surface area contributed by atoms with Crippen LogP contribution < -0.4 is 5.32 Å². The van der Waals surface area contributed by atoms with Crippen LogP contribution in [0.4, 0.5) is 8.78 Å². The average molecular weight is 370 g/mol. The summed E-state index contributed by atoms with van der Waals surface area (Å²) in [5.41, 5.74) is 2.07. The van der Waals surface area contributed by atoms with Gasteiger partial charge in [-0.05, 0) is 42.7 Å². The first-order chi connectivity index (χ1) is 13.0. The molecule has 2 aromatic rings. The number of carbonyl (C=O) groups excluding carboxylic acids is 1. The summed E-state index contributed by atoms with van der Waals surface area (Å²) < 4.78 is 25.2. The van der Waals surface area contributed by atoms with Gasteiger partial charge in [0.05, 0.1) is 17.7 Å². The van der Waals surface area contributed by atoms with Gasteiger partial charge in [-0.3, -0.25) is 15.1 Å². The fourth-order valence-electron chi connectivity index (χ4n) is 3.16. The van der Waals surface area contributed by atoms with Gasteiger partial charge in [0.1, 0.15) is 5.69 Å². The Morgan fingerprint density at radius 3 is 2.63 bits per heavy atom. The van der Waals surface area contributed by atoms with Gasteiger partial charge < -0.3 is 4.90 Å². The molecule has 1 aromatic carbocycles. The maximum absolute atomic E-state index is 12.6. The summed E-state index contributed by atoms with van der Waals surface area (Å²) in [6, 6.07) is 11.7. The number of rotatable bonds is 6. The highest BCUT2D eigenvalue weighted by molar-refractivity contribution is 5.84. The SMILES string of the molecule is CC(NC1CCN(Cc2ccc(C#N)cc2)C1=O)c1ccc(C(F)F)nc1. The molecule has 1 fully saturated rings. The number of carbonyl (C=O) groups is 1. The van der Waals surface area contributed by atoms with E-state index in [0.29, 0.717) is 25.1 Å². The first-order valence-electron chi connectivity index (χ1n) is 8.76. The van der Waals surface area contributed by atoms with Crippen LogP contribution in [0.25, 0.3) is 0 Å². The standard InChI is InChI=1S/C20H20F2N4O/c1-13(16-6-7-17(19(21)22)24-11-16)25-18-8-9-26(20(18)27)12-15-4-2-14(10-23)3-5-15/h2-7,11,13,18-19,25H,8-9,12H2,1H3. The third kappa shape index (κ3) is 4.47. The first kappa shape index (κ1) is 18.9. The number of amides is 1. The van der Waals surface area contributed by atoms with Crippen molar-refractivity contribution in [2.75, 3.05) is 6.54 Å². The molecule has 3 rings (SSSR count). The third-order valence-electron chi connectivity index (χ3n) is 4.74. The fourth-order valence-corrected chi connectivity index (χ4v) is 3.16. The lowest BCUT2D eigenvalue weighted by atomic mass is 10.1.